The molecule has 0 spiro atoms. The van der Waals surface area contributed by atoms with Crippen LogP contribution in [0.4, 0.5) is 0 Å². The Morgan fingerprint density at radius 2 is 1.58 bits per heavy atom. The van der Waals surface area contributed by atoms with E-state index in [-0.39, 0.29) is 38.9 Å². The number of carboxylic acids is 1. The van der Waals surface area contributed by atoms with Crippen LogP contribution in [0.25, 0.3) is 5.57 Å². The fraction of sp³-hybridized carbons (Fsp3) is 0.711. The summed E-state index contributed by atoms with van der Waals surface area (Å²) < 4.78 is 0. The highest BCUT2D eigenvalue weighted by molar-refractivity contribution is 5.88. The third-order valence-corrected chi connectivity index (χ3v) is 16.4. The molecular weight excluding hydrogens is 647 g/mol. The highest BCUT2D eigenvalue weighted by Crippen LogP contribution is 2.77. The number of benzene rings is 1. The molecule has 4 fully saturated rings. The maximum atomic E-state index is 12.6. The van der Waals surface area contributed by atoms with Gasteiger partial charge in [-0.3, -0.25) is 9.59 Å². The van der Waals surface area contributed by atoms with Crippen molar-refractivity contribution in [3.63, 3.8) is 0 Å². The summed E-state index contributed by atoms with van der Waals surface area (Å²) in [6.07, 6.45) is 14.4. The Labute approximate surface area is 313 Å². The maximum absolute atomic E-state index is 12.6. The molecule has 52 heavy (non-hydrogen) atoms. The molecule has 0 aromatic heterocycles. The minimum absolute atomic E-state index is 0.00125. The van der Waals surface area contributed by atoms with Crippen LogP contribution < -0.4 is 10.6 Å². The van der Waals surface area contributed by atoms with Crippen molar-refractivity contribution in [2.75, 3.05) is 33.7 Å². The third-order valence-electron chi connectivity index (χ3n) is 16.4. The Morgan fingerprint density at radius 1 is 0.865 bits per heavy atom. The number of carboxylic acid groups (broad SMARTS) is 1. The van der Waals surface area contributed by atoms with Crippen molar-refractivity contribution in [1.29, 1.82) is 0 Å². The number of amides is 2. The number of allylic oxidation sites excluding steroid dienone is 3. The standard InChI is InChI=1S/C45H67N3O4/c1-29(2)32-16-23-45(28-46-26-19-37(49)47-27-20-38(50)48(8)9)25-24-43(6)34(39(32)45)14-15-36-42(5)21-17-33(30-10-12-31(13-11-30)40(51)52)41(3,4)35(42)18-22-44(36,43)7/h10-13,17,32,34-36,39,46H,1,14-16,18-28H2,2-9H3,(H,47,49)(H,51,52). The smallest absolute Gasteiger partial charge is 0.335 e. The maximum Gasteiger partial charge on any atom is 0.335 e. The molecule has 5 aliphatic carbocycles. The van der Waals surface area contributed by atoms with E-state index in [9.17, 15) is 19.5 Å². The largest absolute Gasteiger partial charge is 0.478 e. The highest BCUT2D eigenvalue weighted by Gasteiger charge is 2.70. The van der Waals surface area contributed by atoms with Crippen molar-refractivity contribution in [1.82, 2.24) is 15.5 Å². The van der Waals surface area contributed by atoms with Crippen LogP contribution in [-0.2, 0) is 9.59 Å². The second-order valence-corrected chi connectivity index (χ2v) is 19.3. The molecule has 9 unspecified atom stereocenters. The van der Waals surface area contributed by atoms with Gasteiger partial charge in [-0.15, -0.1) is 0 Å². The van der Waals surface area contributed by atoms with Crippen molar-refractivity contribution in [2.24, 2.45) is 56.7 Å². The number of carbonyl (C=O) groups excluding carboxylic acids is 2. The summed E-state index contributed by atoms with van der Waals surface area (Å²) >= 11 is 0. The Morgan fingerprint density at radius 3 is 2.23 bits per heavy atom. The molecule has 6 rings (SSSR count). The highest BCUT2D eigenvalue weighted by atomic mass is 16.4. The molecule has 0 heterocycles. The first-order chi connectivity index (χ1) is 24.4. The van der Waals surface area contributed by atoms with Crippen LogP contribution in [0.3, 0.4) is 0 Å². The minimum Gasteiger partial charge on any atom is -0.478 e. The zero-order valence-electron chi connectivity index (χ0n) is 33.5. The van der Waals surface area contributed by atoms with E-state index in [0.29, 0.717) is 61.1 Å². The van der Waals surface area contributed by atoms with Gasteiger partial charge >= 0.3 is 5.97 Å². The minimum atomic E-state index is -0.873. The molecule has 0 saturated heterocycles. The van der Waals surface area contributed by atoms with Crippen molar-refractivity contribution < 1.29 is 19.5 Å². The van der Waals surface area contributed by atoms with Gasteiger partial charge in [-0.1, -0.05) is 65.0 Å². The van der Waals surface area contributed by atoms with Gasteiger partial charge in [0.15, 0.2) is 0 Å². The number of nitrogens with zero attached hydrogens (tertiary/aromatic N) is 1. The zero-order chi connectivity index (χ0) is 37.9. The molecule has 286 valence electrons. The second-order valence-electron chi connectivity index (χ2n) is 19.3. The van der Waals surface area contributed by atoms with Crippen LogP contribution in [-0.4, -0.2) is 61.5 Å². The average molecular weight is 714 g/mol. The van der Waals surface area contributed by atoms with Crippen molar-refractivity contribution in [3.05, 3.63) is 53.6 Å². The Bertz CT molecular complexity index is 1600. The van der Waals surface area contributed by atoms with E-state index in [0.717, 1.165) is 13.0 Å². The summed E-state index contributed by atoms with van der Waals surface area (Å²) in [7, 11) is 3.48. The molecule has 1 aromatic carbocycles. The van der Waals surface area contributed by atoms with E-state index in [1.54, 1.807) is 31.1 Å². The fourth-order valence-electron chi connectivity index (χ4n) is 13.6. The quantitative estimate of drug-likeness (QED) is 0.158. The molecule has 7 heteroatoms. The van der Waals surface area contributed by atoms with Gasteiger partial charge in [0.2, 0.25) is 11.8 Å². The SMILES string of the molecule is C=C(C)C1CCC2(CNCCC(=O)NCCC(=O)N(C)C)CCC3(C)C(CCC4C5(C)CC=C(c6ccc(C(=O)O)cc6)C(C)(C)C5CCC43C)C12. The first-order valence-electron chi connectivity index (χ1n) is 20.3. The van der Waals surface area contributed by atoms with Gasteiger partial charge < -0.3 is 20.6 Å². The number of aromatic carboxylic acids is 1. The van der Waals surface area contributed by atoms with Crippen molar-refractivity contribution >= 4 is 23.4 Å². The van der Waals surface area contributed by atoms with Crippen LogP contribution in [0.1, 0.15) is 128 Å². The van der Waals surface area contributed by atoms with Gasteiger partial charge in [-0.05, 0) is 145 Å². The van der Waals surface area contributed by atoms with Gasteiger partial charge in [-0.25, -0.2) is 4.79 Å². The predicted molar refractivity (Wildman–Crippen MR) is 210 cm³/mol. The lowest BCUT2D eigenvalue weighted by Crippen LogP contribution is -2.65. The van der Waals surface area contributed by atoms with Crippen molar-refractivity contribution in [3.8, 4) is 0 Å². The summed E-state index contributed by atoms with van der Waals surface area (Å²) in [6, 6.07) is 7.57. The Kier molecular flexibility index (Phi) is 10.5. The molecule has 2 amide bonds. The average Bonchev–Trinajstić information content (AvgIpc) is 3.47. The number of hydrogen-bond donors (Lipinski definition) is 3. The van der Waals surface area contributed by atoms with Crippen molar-refractivity contribution in [2.45, 2.75) is 112 Å². The first kappa shape index (κ1) is 38.8. The first-order valence-corrected chi connectivity index (χ1v) is 20.3. The summed E-state index contributed by atoms with van der Waals surface area (Å²) in [5.41, 5.74) is 5.25. The van der Waals surface area contributed by atoms with Crippen LogP contribution >= 0.6 is 0 Å². The molecule has 5 aliphatic rings. The molecule has 3 N–H and O–H groups in total. The van der Waals surface area contributed by atoms with Gasteiger partial charge in [0.05, 0.1) is 5.56 Å². The number of hydrogen-bond acceptors (Lipinski definition) is 4. The molecular formula is C45H67N3O4. The number of nitrogens with one attached hydrogen (secondary N) is 2. The van der Waals surface area contributed by atoms with Crippen LogP contribution in [0.2, 0.25) is 0 Å². The van der Waals surface area contributed by atoms with E-state index in [1.807, 2.05) is 12.1 Å². The van der Waals surface area contributed by atoms with E-state index in [4.69, 9.17) is 0 Å². The molecule has 0 bridgehead atoms. The lowest BCUT2D eigenvalue weighted by Gasteiger charge is -2.72. The van der Waals surface area contributed by atoms with Gasteiger partial charge in [0.1, 0.15) is 0 Å². The number of fused-ring (bicyclic) bond motifs is 7. The normalized spacial score (nSPS) is 37.4. The summed E-state index contributed by atoms with van der Waals surface area (Å²) in [6.45, 7) is 21.8. The zero-order valence-corrected chi connectivity index (χ0v) is 33.5. The van der Waals surface area contributed by atoms with Gasteiger partial charge in [-0.2, -0.15) is 0 Å². The summed E-state index contributed by atoms with van der Waals surface area (Å²) in [4.78, 5) is 37.6. The monoisotopic (exact) mass is 714 g/mol. The third kappa shape index (κ3) is 6.29. The van der Waals surface area contributed by atoms with E-state index >= 15 is 0 Å². The van der Waals surface area contributed by atoms with Gasteiger partial charge in [0, 0.05) is 46.6 Å². The van der Waals surface area contributed by atoms with Crippen LogP contribution in [0, 0.1) is 56.7 Å². The topological polar surface area (TPSA) is 98.7 Å². The summed E-state index contributed by atoms with van der Waals surface area (Å²) in [5, 5.41) is 16.2. The predicted octanol–water partition coefficient (Wildman–Crippen LogP) is 8.61. The number of carbonyl (C=O) groups is 3. The van der Waals surface area contributed by atoms with E-state index in [2.05, 4.69) is 64.8 Å². The molecule has 4 saturated carbocycles. The fourth-order valence-corrected chi connectivity index (χ4v) is 13.6. The molecule has 0 aliphatic heterocycles. The molecule has 9 atom stereocenters. The lowest BCUT2D eigenvalue weighted by atomic mass is 9.32. The van der Waals surface area contributed by atoms with Crippen LogP contribution in [0.15, 0.2) is 42.5 Å². The molecule has 1 aromatic rings. The second kappa shape index (κ2) is 14.0. The molecule has 7 nitrogen and oxygen atoms in total. The number of rotatable bonds is 11. The molecule has 0 radical (unpaired) electrons. The van der Waals surface area contributed by atoms with E-state index in [1.165, 1.54) is 68.1 Å². The van der Waals surface area contributed by atoms with Gasteiger partial charge in [0.25, 0.3) is 0 Å². The Hall–Kier alpha value is -2.93. The van der Waals surface area contributed by atoms with E-state index < -0.39 is 5.97 Å². The lowest BCUT2D eigenvalue weighted by molar-refractivity contribution is -0.225. The Balaban J connectivity index is 1.19. The summed E-state index contributed by atoms with van der Waals surface area (Å²) in [5.74, 6) is 2.24. The van der Waals surface area contributed by atoms with Crippen LogP contribution in [0.5, 0.6) is 0 Å².